The van der Waals surface area contributed by atoms with Crippen molar-refractivity contribution in [3.8, 4) is 0 Å². The van der Waals surface area contributed by atoms with Gasteiger partial charge in [0.1, 0.15) is 0 Å². The van der Waals surface area contributed by atoms with Crippen molar-refractivity contribution in [3.63, 3.8) is 0 Å². The number of benzene rings is 1. The molecular weight excluding hydrogens is 439 g/mol. The highest BCUT2D eigenvalue weighted by atomic mass is 127. The minimum atomic E-state index is -2.88. The summed E-state index contributed by atoms with van der Waals surface area (Å²) in [5.74, 6) is 1.15. The Bertz CT molecular complexity index is 622. The van der Waals surface area contributed by atoms with E-state index in [2.05, 4.69) is 32.7 Å². The maximum Gasteiger partial charge on any atom is 0.191 e. The van der Waals surface area contributed by atoms with Crippen LogP contribution in [0.15, 0.2) is 35.3 Å². The molecule has 1 fully saturated rings. The molecule has 0 saturated carbocycles. The number of guanidine groups is 1. The summed E-state index contributed by atoms with van der Waals surface area (Å²) in [6, 6.07) is 10.1. The number of sulfone groups is 1. The Morgan fingerprint density at radius 2 is 2.04 bits per heavy atom. The summed E-state index contributed by atoms with van der Waals surface area (Å²) >= 11 is 0. The number of anilines is 1. The van der Waals surface area contributed by atoms with Gasteiger partial charge < -0.3 is 15.5 Å². The van der Waals surface area contributed by atoms with Crippen LogP contribution in [0.2, 0.25) is 0 Å². The van der Waals surface area contributed by atoms with Crippen molar-refractivity contribution in [2.75, 3.05) is 43.1 Å². The number of para-hydroxylation sites is 1. The van der Waals surface area contributed by atoms with Crippen LogP contribution < -0.4 is 15.5 Å². The Kier molecular flexibility index (Phi) is 8.82. The van der Waals surface area contributed by atoms with E-state index in [9.17, 15) is 8.42 Å². The largest absolute Gasteiger partial charge is 0.373 e. The highest BCUT2D eigenvalue weighted by molar-refractivity contribution is 14.0. The van der Waals surface area contributed by atoms with Crippen molar-refractivity contribution in [1.29, 1.82) is 0 Å². The molecule has 1 heterocycles. The van der Waals surface area contributed by atoms with E-state index in [0.29, 0.717) is 18.9 Å². The molecule has 0 spiro atoms. The molecule has 1 unspecified atom stereocenters. The smallest absolute Gasteiger partial charge is 0.191 e. The zero-order valence-electron chi connectivity index (χ0n) is 14.2. The number of halogens is 1. The summed E-state index contributed by atoms with van der Waals surface area (Å²) in [5.41, 5.74) is 1.16. The van der Waals surface area contributed by atoms with Crippen LogP contribution >= 0.6 is 24.0 Å². The van der Waals surface area contributed by atoms with Crippen LogP contribution in [0, 0.1) is 0 Å². The Morgan fingerprint density at radius 3 is 2.62 bits per heavy atom. The van der Waals surface area contributed by atoms with Crippen LogP contribution in [0.4, 0.5) is 5.69 Å². The predicted octanol–water partition coefficient (Wildman–Crippen LogP) is 1.48. The van der Waals surface area contributed by atoms with Crippen molar-refractivity contribution in [2.45, 2.75) is 19.4 Å². The first-order valence-electron chi connectivity index (χ1n) is 8.01. The van der Waals surface area contributed by atoms with E-state index in [1.807, 2.05) is 32.2 Å². The summed E-state index contributed by atoms with van der Waals surface area (Å²) in [5, 5.41) is 6.40. The third-order valence-corrected chi connectivity index (χ3v) is 5.59. The lowest BCUT2D eigenvalue weighted by Gasteiger charge is -2.19. The van der Waals surface area contributed by atoms with Crippen LogP contribution in [0.5, 0.6) is 0 Å². The maximum absolute atomic E-state index is 11.5. The molecule has 1 atom stereocenters. The van der Waals surface area contributed by atoms with E-state index in [1.54, 1.807) is 0 Å². The van der Waals surface area contributed by atoms with Gasteiger partial charge in [-0.15, -0.1) is 24.0 Å². The summed E-state index contributed by atoms with van der Waals surface area (Å²) < 4.78 is 23.1. The standard InChI is InChI=1S/C16H26N4O2S.HI/c1-3-17-16(19-14-9-12-23(21,22)13-14)18-10-11-20(2)15-7-5-4-6-8-15;/h4-8,14H,3,9-13H2,1-2H3,(H2,17,18,19);1H. The van der Waals surface area contributed by atoms with Crippen LogP contribution in [0.1, 0.15) is 13.3 Å². The highest BCUT2D eigenvalue weighted by Crippen LogP contribution is 2.11. The average molecular weight is 466 g/mol. The van der Waals surface area contributed by atoms with E-state index in [-0.39, 0.29) is 41.5 Å². The fraction of sp³-hybridized carbons (Fsp3) is 0.562. The van der Waals surface area contributed by atoms with Gasteiger partial charge >= 0.3 is 0 Å². The molecule has 0 aromatic heterocycles. The zero-order valence-corrected chi connectivity index (χ0v) is 17.4. The van der Waals surface area contributed by atoms with Gasteiger partial charge in [-0.25, -0.2) is 8.42 Å². The number of likely N-dealkylation sites (N-methyl/N-ethyl adjacent to an activating group) is 1. The number of rotatable bonds is 6. The Labute approximate surface area is 162 Å². The second kappa shape index (κ2) is 10.1. The summed E-state index contributed by atoms with van der Waals surface area (Å²) in [6.45, 7) is 4.18. The van der Waals surface area contributed by atoms with Gasteiger partial charge in [-0.2, -0.15) is 0 Å². The van der Waals surface area contributed by atoms with E-state index < -0.39 is 9.84 Å². The molecule has 1 aliphatic heterocycles. The van der Waals surface area contributed by atoms with Gasteiger partial charge in [-0.1, -0.05) is 18.2 Å². The van der Waals surface area contributed by atoms with Crippen molar-refractivity contribution in [3.05, 3.63) is 30.3 Å². The summed E-state index contributed by atoms with van der Waals surface area (Å²) in [4.78, 5) is 6.69. The van der Waals surface area contributed by atoms with Crippen LogP contribution in [-0.4, -0.2) is 58.6 Å². The molecule has 0 radical (unpaired) electrons. The van der Waals surface area contributed by atoms with Gasteiger partial charge in [0.25, 0.3) is 0 Å². The minimum absolute atomic E-state index is 0. The predicted molar refractivity (Wildman–Crippen MR) is 111 cm³/mol. The molecule has 2 N–H and O–H groups in total. The first-order valence-corrected chi connectivity index (χ1v) is 9.84. The molecule has 6 nitrogen and oxygen atoms in total. The Morgan fingerprint density at radius 1 is 1.33 bits per heavy atom. The van der Waals surface area contributed by atoms with Gasteiger partial charge in [-0.05, 0) is 25.5 Å². The first kappa shape index (κ1) is 21.0. The Balaban J connectivity index is 0.00000288. The first-order chi connectivity index (χ1) is 11.0. The second-order valence-corrected chi connectivity index (χ2v) is 7.99. The van der Waals surface area contributed by atoms with Gasteiger partial charge in [0.2, 0.25) is 0 Å². The van der Waals surface area contributed by atoms with Crippen molar-refractivity contribution < 1.29 is 8.42 Å². The molecule has 24 heavy (non-hydrogen) atoms. The molecule has 1 aromatic carbocycles. The molecule has 136 valence electrons. The van der Waals surface area contributed by atoms with Gasteiger partial charge in [0.15, 0.2) is 15.8 Å². The van der Waals surface area contributed by atoms with Crippen molar-refractivity contribution in [1.82, 2.24) is 10.6 Å². The van der Waals surface area contributed by atoms with Crippen molar-refractivity contribution >= 4 is 45.5 Å². The molecule has 1 aromatic rings. The fourth-order valence-corrected chi connectivity index (χ4v) is 4.22. The maximum atomic E-state index is 11.5. The monoisotopic (exact) mass is 466 g/mol. The molecule has 8 heteroatoms. The summed E-state index contributed by atoms with van der Waals surface area (Å²) in [7, 11) is -0.843. The van der Waals surface area contributed by atoms with Crippen molar-refractivity contribution in [2.24, 2.45) is 4.99 Å². The van der Waals surface area contributed by atoms with E-state index >= 15 is 0 Å². The minimum Gasteiger partial charge on any atom is -0.373 e. The number of nitrogens with one attached hydrogen (secondary N) is 2. The SMILES string of the molecule is CCNC(=NCCN(C)c1ccccc1)NC1CCS(=O)(=O)C1.I. The molecule has 0 amide bonds. The van der Waals surface area contributed by atoms with Crippen LogP contribution in [0.3, 0.4) is 0 Å². The molecule has 1 aliphatic rings. The van der Waals surface area contributed by atoms with Crippen LogP contribution in [-0.2, 0) is 9.84 Å². The van der Waals surface area contributed by atoms with Crippen LogP contribution in [0.25, 0.3) is 0 Å². The lowest BCUT2D eigenvalue weighted by Crippen LogP contribution is -2.44. The molecule has 1 saturated heterocycles. The van der Waals surface area contributed by atoms with Gasteiger partial charge in [-0.3, -0.25) is 4.99 Å². The number of nitrogens with zero attached hydrogens (tertiary/aromatic N) is 2. The highest BCUT2D eigenvalue weighted by Gasteiger charge is 2.28. The Hall–Kier alpha value is -1.03. The quantitative estimate of drug-likeness (QED) is 0.378. The lowest BCUT2D eigenvalue weighted by molar-refractivity contribution is 0.599. The third kappa shape index (κ3) is 6.84. The summed E-state index contributed by atoms with van der Waals surface area (Å²) in [6.07, 6.45) is 0.649. The van der Waals surface area contributed by atoms with E-state index in [1.165, 1.54) is 0 Å². The van der Waals surface area contributed by atoms with E-state index in [4.69, 9.17) is 0 Å². The average Bonchev–Trinajstić information content (AvgIpc) is 2.87. The normalized spacial score (nSPS) is 19.4. The zero-order chi connectivity index (χ0) is 16.7. The number of aliphatic imine (C=N–C) groups is 1. The lowest BCUT2D eigenvalue weighted by atomic mass is 10.3. The van der Waals surface area contributed by atoms with Gasteiger partial charge in [0, 0.05) is 31.9 Å². The molecule has 0 aliphatic carbocycles. The van der Waals surface area contributed by atoms with Gasteiger partial charge in [0.05, 0.1) is 18.1 Å². The number of hydrogen-bond donors (Lipinski definition) is 2. The number of hydrogen-bond acceptors (Lipinski definition) is 4. The second-order valence-electron chi connectivity index (χ2n) is 5.76. The molecular formula is C16H27IN4O2S. The molecule has 2 rings (SSSR count). The topological polar surface area (TPSA) is 73.8 Å². The van der Waals surface area contributed by atoms with E-state index in [0.717, 1.165) is 18.8 Å². The molecule has 0 bridgehead atoms. The fourth-order valence-electron chi connectivity index (χ4n) is 2.55. The third-order valence-electron chi connectivity index (χ3n) is 3.82.